The molecule has 0 radical (unpaired) electrons. The maximum Gasteiger partial charge on any atom is 0.282 e. The van der Waals surface area contributed by atoms with Crippen molar-refractivity contribution in [1.82, 2.24) is 0 Å². The highest BCUT2D eigenvalue weighted by Gasteiger charge is 2.23. The lowest BCUT2D eigenvalue weighted by Gasteiger charge is -2.22. The summed E-state index contributed by atoms with van der Waals surface area (Å²) in [7, 11) is 3.62. The third kappa shape index (κ3) is 5.37. The highest BCUT2D eigenvalue weighted by molar-refractivity contribution is 6.31. The fraction of sp³-hybridized carbons (Fsp3) is 0.381. The maximum atomic E-state index is 12.7. The number of ether oxygens (including phenoxy) is 2. The molecule has 2 atom stereocenters. The van der Waals surface area contributed by atoms with Gasteiger partial charge in [0.05, 0.1) is 20.8 Å². The molecule has 0 fully saturated rings. The molecule has 1 unspecified atom stereocenters. The molecule has 6 heteroatoms. The first-order valence-electron chi connectivity index (χ1n) is 9.05. The summed E-state index contributed by atoms with van der Waals surface area (Å²) in [6.45, 7) is 7.02. The molecule has 0 saturated carbocycles. The summed E-state index contributed by atoms with van der Waals surface area (Å²) < 4.78 is 11.0. The van der Waals surface area contributed by atoms with Gasteiger partial charge in [0, 0.05) is 16.3 Å². The van der Waals surface area contributed by atoms with Crippen molar-refractivity contribution in [3.05, 3.63) is 52.5 Å². The molecule has 2 aromatic rings. The topological polar surface area (TPSA) is 52.0 Å². The smallest absolute Gasteiger partial charge is 0.282 e. The number of amides is 1. The third-order valence-corrected chi connectivity index (χ3v) is 5.08. The number of benzene rings is 2. The van der Waals surface area contributed by atoms with E-state index in [0.717, 1.165) is 27.5 Å². The van der Waals surface area contributed by atoms with Gasteiger partial charge in [0.2, 0.25) is 0 Å². The number of likely N-dealkylation sites (N-methyl/N-ethyl adjacent to an activating group) is 1. The zero-order valence-corrected chi connectivity index (χ0v) is 17.3. The SMILES string of the molecule is CCOc1ccc(C[NH+](C)[C@H](C)C(=O)Nc2cccc(Cl)c2C)cc1OC. The lowest BCUT2D eigenvalue weighted by Crippen LogP contribution is -3.12. The minimum absolute atomic E-state index is 0.0456. The van der Waals surface area contributed by atoms with Crippen LogP contribution in [0.3, 0.4) is 0 Å². The molecule has 0 bridgehead atoms. The van der Waals surface area contributed by atoms with Gasteiger partial charge in [-0.1, -0.05) is 17.7 Å². The second-order valence-electron chi connectivity index (χ2n) is 6.56. The van der Waals surface area contributed by atoms with Gasteiger partial charge >= 0.3 is 0 Å². The first-order chi connectivity index (χ1) is 12.9. The van der Waals surface area contributed by atoms with E-state index in [2.05, 4.69) is 5.32 Å². The van der Waals surface area contributed by atoms with Crippen LogP contribution in [0.25, 0.3) is 0 Å². The van der Waals surface area contributed by atoms with Crippen LogP contribution in [0.5, 0.6) is 11.5 Å². The molecule has 2 N–H and O–H groups in total. The fourth-order valence-electron chi connectivity index (χ4n) is 2.78. The molecule has 0 aliphatic rings. The Kier molecular flexibility index (Phi) is 7.51. The number of hydrogen-bond acceptors (Lipinski definition) is 3. The summed E-state index contributed by atoms with van der Waals surface area (Å²) in [5, 5.41) is 3.62. The van der Waals surface area contributed by atoms with Crippen LogP contribution in [0.4, 0.5) is 5.69 Å². The van der Waals surface area contributed by atoms with Crippen molar-refractivity contribution >= 4 is 23.2 Å². The summed E-state index contributed by atoms with van der Waals surface area (Å²) in [4.78, 5) is 13.7. The second kappa shape index (κ2) is 9.62. The highest BCUT2D eigenvalue weighted by Crippen LogP contribution is 2.27. The molecular weight excluding hydrogens is 364 g/mol. The normalized spacial score (nSPS) is 13.0. The van der Waals surface area contributed by atoms with E-state index < -0.39 is 0 Å². The highest BCUT2D eigenvalue weighted by atomic mass is 35.5. The molecule has 2 aromatic carbocycles. The minimum atomic E-state index is -0.235. The second-order valence-corrected chi connectivity index (χ2v) is 6.97. The quantitative estimate of drug-likeness (QED) is 0.727. The summed E-state index contributed by atoms with van der Waals surface area (Å²) >= 11 is 6.13. The molecule has 0 aliphatic heterocycles. The third-order valence-electron chi connectivity index (χ3n) is 4.67. The lowest BCUT2D eigenvalue weighted by molar-refractivity contribution is -0.907. The van der Waals surface area contributed by atoms with Crippen molar-refractivity contribution in [2.45, 2.75) is 33.4 Å². The molecule has 0 saturated heterocycles. The maximum absolute atomic E-state index is 12.7. The fourth-order valence-corrected chi connectivity index (χ4v) is 2.95. The molecule has 0 heterocycles. The molecule has 1 amide bonds. The predicted molar refractivity (Wildman–Crippen MR) is 109 cm³/mol. The average Bonchev–Trinajstić information content (AvgIpc) is 2.66. The van der Waals surface area contributed by atoms with Crippen molar-refractivity contribution in [3.8, 4) is 11.5 Å². The van der Waals surface area contributed by atoms with E-state index in [1.165, 1.54) is 0 Å². The number of carbonyl (C=O) groups excluding carboxylic acids is 1. The number of nitrogens with one attached hydrogen (secondary N) is 2. The summed E-state index contributed by atoms with van der Waals surface area (Å²) in [5.41, 5.74) is 2.69. The molecule has 0 spiro atoms. The number of methoxy groups -OCH3 is 1. The van der Waals surface area contributed by atoms with E-state index in [9.17, 15) is 4.79 Å². The van der Waals surface area contributed by atoms with Gasteiger partial charge in [0.15, 0.2) is 17.5 Å². The van der Waals surface area contributed by atoms with E-state index in [4.69, 9.17) is 21.1 Å². The Morgan fingerprint density at radius 1 is 1.26 bits per heavy atom. The van der Waals surface area contributed by atoms with Crippen LogP contribution >= 0.6 is 11.6 Å². The van der Waals surface area contributed by atoms with Crippen molar-refractivity contribution in [2.24, 2.45) is 0 Å². The van der Waals surface area contributed by atoms with E-state index in [1.807, 2.05) is 64.2 Å². The predicted octanol–water partition coefficient (Wildman–Crippen LogP) is 3.10. The average molecular weight is 392 g/mol. The Balaban J connectivity index is 2.05. The first-order valence-corrected chi connectivity index (χ1v) is 9.43. The zero-order valence-electron chi connectivity index (χ0n) is 16.6. The molecule has 146 valence electrons. The van der Waals surface area contributed by atoms with E-state index in [0.29, 0.717) is 23.9 Å². The van der Waals surface area contributed by atoms with Crippen LogP contribution in [0.15, 0.2) is 36.4 Å². The van der Waals surface area contributed by atoms with Crippen molar-refractivity contribution in [2.75, 3.05) is 26.1 Å². The summed E-state index contributed by atoms with van der Waals surface area (Å²) in [5.74, 6) is 1.38. The number of halogens is 1. The standard InChI is InChI=1S/C21H27ClN2O3/c1-6-27-19-11-10-16(12-20(19)26-5)13-24(4)15(3)21(25)23-18-9-7-8-17(22)14(18)2/h7-12,15H,6,13H2,1-5H3,(H,23,25)/p+1/t15-/m1/s1. The van der Waals surface area contributed by atoms with Crippen LogP contribution in [0.1, 0.15) is 25.0 Å². The van der Waals surface area contributed by atoms with Gasteiger partial charge in [0.25, 0.3) is 5.91 Å². The molecule has 0 aliphatic carbocycles. The number of rotatable bonds is 8. The van der Waals surface area contributed by atoms with Crippen molar-refractivity contribution in [3.63, 3.8) is 0 Å². The first kappa shape index (κ1) is 21.1. The number of hydrogen-bond donors (Lipinski definition) is 2. The van der Waals surface area contributed by atoms with Crippen molar-refractivity contribution < 1.29 is 19.2 Å². The Labute approximate surface area is 166 Å². The molecule has 27 heavy (non-hydrogen) atoms. The van der Waals surface area contributed by atoms with Gasteiger partial charge in [-0.15, -0.1) is 0 Å². The minimum Gasteiger partial charge on any atom is -0.493 e. The monoisotopic (exact) mass is 391 g/mol. The Morgan fingerprint density at radius 2 is 2.00 bits per heavy atom. The van der Waals surface area contributed by atoms with Crippen LogP contribution in [-0.4, -0.2) is 32.7 Å². The van der Waals surface area contributed by atoms with Gasteiger partial charge in [-0.05, 0) is 56.7 Å². The molecule has 5 nitrogen and oxygen atoms in total. The van der Waals surface area contributed by atoms with Crippen molar-refractivity contribution in [1.29, 1.82) is 0 Å². The Morgan fingerprint density at radius 3 is 2.67 bits per heavy atom. The summed E-state index contributed by atoms with van der Waals surface area (Å²) in [6, 6.07) is 11.1. The molecular formula is C21H28ClN2O3+. The van der Waals surface area contributed by atoms with Gasteiger partial charge < -0.3 is 19.7 Å². The van der Waals surface area contributed by atoms with Crippen LogP contribution in [0.2, 0.25) is 5.02 Å². The van der Waals surface area contributed by atoms with Crippen LogP contribution < -0.4 is 19.7 Å². The van der Waals surface area contributed by atoms with E-state index >= 15 is 0 Å². The number of carbonyl (C=O) groups is 1. The summed E-state index contributed by atoms with van der Waals surface area (Å²) in [6.07, 6.45) is 0. The zero-order chi connectivity index (χ0) is 20.0. The van der Waals surface area contributed by atoms with E-state index in [1.54, 1.807) is 7.11 Å². The van der Waals surface area contributed by atoms with Gasteiger partial charge in [-0.2, -0.15) is 0 Å². The van der Waals surface area contributed by atoms with E-state index in [-0.39, 0.29) is 11.9 Å². The van der Waals surface area contributed by atoms with Gasteiger partial charge in [-0.3, -0.25) is 4.79 Å². The number of anilines is 1. The molecule has 2 rings (SSSR count). The van der Waals surface area contributed by atoms with Crippen LogP contribution in [0, 0.1) is 6.92 Å². The largest absolute Gasteiger partial charge is 0.493 e. The Bertz CT molecular complexity index is 795. The Hall–Kier alpha value is -2.24. The van der Waals surface area contributed by atoms with Gasteiger partial charge in [-0.25, -0.2) is 0 Å². The number of quaternary nitrogens is 1. The van der Waals surface area contributed by atoms with Crippen LogP contribution in [-0.2, 0) is 11.3 Å². The molecule has 0 aromatic heterocycles. The van der Waals surface area contributed by atoms with Gasteiger partial charge in [0.1, 0.15) is 6.54 Å². The lowest BCUT2D eigenvalue weighted by atomic mass is 10.1.